The summed E-state index contributed by atoms with van der Waals surface area (Å²) in [6, 6.07) is 2.92. The summed E-state index contributed by atoms with van der Waals surface area (Å²) in [4.78, 5) is 23.3. The molecular weight excluding hydrogens is 252 g/mol. The average molecular weight is 264 g/mol. The maximum absolute atomic E-state index is 12.0. The third-order valence-electron chi connectivity index (χ3n) is 2.38. The van der Waals surface area contributed by atoms with Gasteiger partial charge in [-0.25, -0.2) is 4.79 Å². The fraction of sp³-hybridized carbons (Fsp3) is 0.273. The number of anilines is 1. The molecule has 2 aromatic rings. The number of hydrogen-bond acceptors (Lipinski definition) is 6. The molecule has 0 atom stereocenters. The summed E-state index contributed by atoms with van der Waals surface area (Å²) in [6.45, 7) is 1.71. The van der Waals surface area contributed by atoms with Gasteiger partial charge in [0.05, 0.1) is 7.11 Å². The summed E-state index contributed by atoms with van der Waals surface area (Å²) in [5, 5.41) is 10.1. The van der Waals surface area contributed by atoms with Crippen molar-refractivity contribution in [3.63, 3.8) is 0 Å². The highest BCUT2D eigenvalue weighted by Crippen LogP contribution is 2.10. The summed E-state index contributed by atoms with van der Waals surface area (Å²) in [5.41, 5.74) is 0.271. The zero-order chi connectivity index (χ0) is 14.0. The number of carbonyl (C=O) groups excluding carboxylic acids is 2. The minimum absolute atomic E-state index is 0.0616. The van der Waals surface area contributed by atoms with Crippen LogP contribution in [0.15, 0.2) is 16.7 Å². The van der Waals surface area contributed by atoms with Gasteiger partial charge in [0.15, 0.2) is 11.5 Å². The number of amides is 1. The van der Waals surface area contributed by atoms with Crippen LogP contribution in [-0.4, -0.2) is 33.9 Å². The van der Waals surface area contributed by atoms with E-state index >= 15 is 0 Å². The van der Waals surface area contributed by atoms with E-state index in [-0.39, 0.29) is 11.4 Å². The molecule has 0 saturated carbocycles. The molecule has 0 spiro atoms. The monoisotopic (exact) mass is 264 g/mol. The maximum Gasteiger partial charge on any atom is 0.358 e. The van der Waals surface area contributed by atoms with Crippen molar-refractivity contribution in [2.24, 2.45) is 7.05 Å². The van der Waals surface area contributed by atoms with Gasteiger partial charge >= 0.3 is 5.97 Å². The van der Waals surface area contributed by atoms with E-state index in [9.17, 15) is 9.59 Å². The minimum atomic E-state index is -0.605. The number of methoxy groups -OCH3 is 1. The number of esters is 1. The lowest BCUT2D eigenvalue weighted by atomic mass is 10.3. The van der Waals surface area contributed by atoms with Crippen LogP contribution in [0, 0.1) is 6.92 Å². The molecule has 2 heterocycles. The topological polar surface area (TPSA) is 99.3 Å². The van der Waals surface area contributed by atoms with Crippen LogP contribution in [0.1, 0.15) is 26.7 Å². The van der Waals surface area contributed by atoms with Crippen LogP contribution < -0.4 is 5.32 Å². The van der Waals surface area contributed by atoms with Gasteiger partial charge in [0, 0.05) is 19.2 Å². The molecule has 2 aromatic heterocycles. The first-order chi connectivity index (χ1) is 9.01. The van der Waals surface area contributed by atoms with Crippen molar-refractivity contribution >= 4 is 17.7 Å². The molecule has 0 aliphatic carbocycles. The van der Waals surface area contributed by atoms with E-state index in [4.69, 9.17) is 4.52 Å². The van der Waals surface area contributed by atoms with Crippen LogP contribution in [0.4, 0.5) is 5.82 Å². The highest BCUT2D eigenvalue weighted by Gasteiger charge is 2.18. The molecule has 1 N–H and O–H groups in total. The highest BCUT2D eigenvalue weighted by molar-refractivity contribution is 6.03. The van der Waals surface area contributed by atoms with E-state index in [1.807, 2.05) is 0 Å². The van der Waals surface area contributed by atoms with Crippen molar-refractivity contribution in [3.05, 3.63) is 29.3 Å². The lowest BCUT2D eigenvalue weighted by Crippen LogP contribution is -2.16. The molecular formula is C11H12N4O4. The SMILES string of the molecule is COC(=O)c1cc(C(=O)Nc2cc(C)on2)n(C)n1. The fourth-order valence-electron chi connectivity index (χ4n) is 1.49. The molecule has 0 saturated heterocycles. The smallest absolute Gasteiger partial charge is 0.358 e. The molecule has 0 fully saturated rings. The first-order valence-corrected chi connectivity index (χ1v) is 5.38. The Morgan fingerprint density at radius 1 is 1.42 bits per heavy atom. The Morgan fingerprint density at radius 3 is 2.74 bits per heavy atom. The van der Waals surface area contributed by atoms with Gasteiger partial charge in [-0.2, -0.15) is 5.10 Å². The molecule has 8 heteroatoms. The molecule has 1 amide bonds. The van der Waals surface area contributed by atoms with Crippen LogP contribution in [0.25, 0.3) is 0 Å². The number of nitrogens with one attached hydrogen (secondary N) is 1. The first kappa shape index (κ1) is 12.8. The third kappa shape index (κ3) is 2.62. The van der Waals surface area contributed by atoms with Gasteiger partial charge in [0.25, 0.3) is 5.91 Å². The molecule has 0 aromatic carbocycles. The van der Waals surface area contributed by atoms with Crippen molar-refractivity contribution in [1.82, 2.24) is 14.9 Å². The Balaban J connectivity index is 2.19. The maximum atomic E-state index is 12.0. The first-order valence-electron chi connectivity index (χ1n) is 5.38. The average Bonchev–Trinajstić information content (AvgIpc) is 2.94. The van der Waals surface area contributed by atoms with E-state index in [0.717, 1.165) is 0 Å². The number of aromatic nitrogens is 3. The summed E-state index contributed by atoms with van der Waals surface area (Å²) >= 11 is 0. The van der Waals surface area contributed by atoms with E-state index in [2.05, 4.69) is 20.3 Å². The second kappa shape index (κ2) is 4.92. The zero-order valence-corrected chi connectivity index (χ0v) is 10.6. The van der Waals surface area contributed by atoms with Crippen LogP contribution in [-0.2, 0) is 11.8 Å². The Bertz CT molecular complexity index is 628. The Kier molecular flexibility index (Phi) is 3.32. The highest BCUT2D eigenvalue weighted by atomic mass is 16.5. The Labute approximate surface area is 108 Å². The van der Waals surface area contributed by atoms with Crippen molar-refractivity contribution in [3.8, 4) is 0 Å². The quantitative estimate of drug-likeness (QED) is 0.821. The van der Waals surface area contributed by atoms with Crippen LogP contribution in [0.5, 0.6) is 0 Å². The molecule has 0 aliphatic heterocycles. The Morgan fingerprint density at radius 2 is 2.16 bits per heavy atom. The number of rotatable bonds is 3. The van der Waals surface area contributed by atoms with Gasteiger partial charge in [-0.05, 0) is 6.92 Å². The Hall–Kier alpha value is -2.64. The summed E-state index contributed by atoms with van der Waals surface area (Å²) in [5.74, 6) is -0.177. The molecule has 0 unspecified atom stereocenters. The predicted molar refractivity (Wildman–Crippen MR) is 63.7 cm³/mol. The summed E-state index contributed by atoms with van der Waals surface area (Å²) in [7, 11) is 2.80. The number of nitrogens with zero attached hydrogens (tertiary/aromatic N) is 3. The van der Waals surface area contributed by atoms with Gasteiger partial charge in [-0.1, -0.05) is 5.16 Å². The minimum Gasteiger partial charge on any atom is -0.464 e. The van der Waals surface area contributed by atoms with E-state index < -0.39 is 11.9 Å². The van der Waals surface area contributed by atoms with E-state index in [1.54, 1.807) is 20.0 Å². The molecule has 100 valence electrons. The lowest BCUT2D eigenvalue weighted by molar-refractivity contribution is 0.0593. The number of carbonyl (C=O) groups is 2. The number of ether oxygens (including phenoxy) is 1. The molecule has 0 radical (unpaired) electrons. The molecule has 8 nitrogen and oxygen atoms in total. The van der Waals surface area contributed by atoms with Gasteiger partial charge in [0.2, 0.25) is 0 Å². The molecule has 0 aliphatic rings. The van der Waals surface area contributed by atoms with Crippen molar-refractivity contribution in [1.29, 1.82) is 0 Å². The van der Waals surface area contributed by atoms with Crippen LogP contribution >= 0.6 is 0 Å². The second-order valence-electron chi connectivity index (χ2n) is 3.81. The standard InChI is InChI=1S/C11H12N4O4/c1-6-4-9(14-19-6)12-10(16)8-5-7(11(17)18-3)13-15(8)2/h4-5H,1-3H3,(H,12,14,16). The third-order valence-corrected chi connectivity index (χ3v) is 2.38. The largest absolute Gasteiger partial charge is 0.464 e. The van der Waals surface area contributed by atoms with Crippen LogP contribution in [0.2, 0.25) is 0 Å². The molecule has 19 heavy (non-hydrogen) atoms. The number of aryl methyl sites for hydroxylation is 2. The van der Waals surface area contributed by atoms with Crippen LogP contribution in [0.3, 0.4) is 0 Å². The normalized spacial score (nSPS) is 10.3. The summed E-state index contributed by atoms with van der Waals surface area (Å²) in [6.07, 6.45) is 0. The second-order valence-corrected chi connectivity index (χ2v) is 3.81. The van der Waals surface area contributed by atoms with Gasteiger partial charge in [-0.15, -0.1) is 0 Å². The van der Waals surface area contributed by atoms with Gasteiger partial charge in [0.1, 0.15) is 11.5 Å². The predicted octanol–water partition coefficient (Wildman–Crippen LogP) is 0.755. The zero-order valence-electron chi connectivity index (χ0n) is 10.6. The van der Waals surface area contributed by atoms with Crippen molar-refractivity contribution in [2.75, 3.05) is 12.4 Å². The molecule has 2 rings (SSSR count). The lowest BCUT2D eigenvalue weighted by Gasteiger charge is -2.00. The van der Waals surface area contributed by atoms with Gasteiger partial charge in [-0.3, -0.25) is 9.48 Å². The number of hydrogen-bond donors (Lipinski definition) is 1. The molecule has 0 bridgehead atoms. The summed E-state index contributed by atoms with van der Waals surface area (Å²) < 4.78 is 10.6. The van der Waals surface area contributed by atoms with E-state index in [0.29, 0.717) is 11.6 Å². The van der Waals surface area contributed by atoms with E-state index in [1.165, 1.54) is 17.9 Å². The fourth-order valence-corrected chi connectivity index (χ4v) is 1.49. The van der Waals surface area contributed by atoms with Gasteiger partial charge < -0.3 is 14.6 Å². The van der Waals surface area contributed by atoms with Crippen molar-refractivity contribution in [2.45, 2.75) is 6.92 Å². The van der Waals surface area contributed by atoms with Crippen molar-refractivity contribution < 1.29 is 18.8 Å².